The number of carbonyl (C=O) groups excluding carboxylic acids is 1. The predicted molar refractivity (Wildman–Crippen MR) is 81.5 cm³/mol. The smallest absolute Gasteiger partial charge is 0.263 e. The highest BCUT2D eigenvalue weighted by Gasteiger charge is 2.07. The van der Waals surface area contributed by atoms with Crippen LogP contribution >= 0.6 is 0 Å². The van der Waals surface area contributed by atoms with Gasteiger partial charge in [0.1, 0.15) is 11.6 Å². The highest BCUT2D eigenvalue weighted by atomic mass is 16.5. The molecule has 0 aliphatic heterocycles. The minimum absolute atomic E-state index is 0.0798. The molecule has 0 unspecified atom stereocenters. The lowest BCUT2D eigenvalue weighted by molar-refractivity contribution is -0.117. The molecule has 6 nitrogen and oxygen atoms in total. The van der Waals surface area contributed by atoms with Crippen molar-refractivity contribution in [3.05, 3.63) is 11.8 Å². The Morgan fingerprint density at radius 1 is 1.29 bits per heavy atom. The van der Waals surface area contributed by atoms with E-state index >= 15 is 0 Å². The van der Waals surface area contributed by atoms with Gasteiger partial charge in [-0.25, -0.2) is 0 Å². The Hall–Kier alpha value is -1.58. The minimum Gasteiger partial charge on any atom is -0.390 e. The third kappa shape index (κ3) is 11.9. The Morgan fingerprint density at radius 2 is 2.00 bits per heavy atom. The molecule has 0 bridgehead atoms. The highest BCUT2D eigenvalue weighted by molar-refractivity contribution is 5.97. The molecule has 0 aromatic heterocycles. The van der Waals surface area contributed by atoms with Crippen molar-refractivity contribution in [2.24, 2.45) is 0 Å². The number of amides is 1. The van der Waals surface area contributed by atoms with E-state index in [1.165, 1.54) is 6.20 Å². The first-order valence-electron chi connectivity index (χ1n) is 7.43. The summed E-state index contributed by atoms with van der Waals surface area (Å²) in [5, 5.41) is 14.6. The molecule has 0 heterocycles. The number of nitrogens with one attached hydrogen (secondary N) is 2. The lowest BCUT2D eigenvalue weighted by Crippen LogP contribution is -2.27. The monoisotopic (exact) mass is 297 g/mol. The van der Waals surface area contributed by atoms with Gasteiger partial charge in [0.25, 0.3) is 5.91 Å². The largest absolute Gasteiger partial charge is 0.390 e. The normalized spacial score (nSPS) is 11.3. The van der Waals surface area contributed by atoms with Crippen LogP contribution < -0.4 is 10.6 Å². The van der Waals surface area contributed by atoms with Crippen LogP contribution in [0, 0.1) is 11.3 Å². The lowest BCUT2D eigenvalue weighted by Gasteiger charge is -2.07. The molecule has 0 spiro atoms. The van der Waals surface area contributed by atoms with E-state index in [0.717, 1.165) is 12.8 Å². The molecule has 0 atom stereocenters. The molecule has 1 amide bonds. The number of nitrogens with zero attached hydrogens (tertiary/aromatic N) is 1. The second kappa shape index (κ2) is 13.4. The topological polar surface area (TPSA) is 83.4 Å². The van der Waals surface area contributed by atoms with Gasteiger partial charge in [-0.1, -0.05) is 0 Å². The zero-order chi connectivity index (χ0) is 15.9. The van der Waals surface area contributed by atoms with Gasteiger partial charge >= 0.3 is 0 Å². The molecular weight excluding hydrogens is 270 g/mol. The quantitative estimate of drug-likeness (QED) is 0.323. The van der Waals surface area contributed by atoms with Crippen LogP contribution in [0.2, 0.25) is 0 Å². The Labute approximate surface area is 127 Å². The Bertz CT molecular complexity index is 349. The molecule has 6 heteroatoms. The molecule has 0 saturated heterocycles. The zero-order valence-electron chi connectivity index (χ0n) is 13.3. The maximum atomic E-state index is 11.7. The third-order valence-corrected chi connectivity index (χ3v) is 2.48. The molecule has 0 rings (SSSR count). The molecule has 2 N–H and O–H groups in total. The standard InChI is InChI=1S/C15H27N3O3/c1-4-20-9-6-8-18-15(19)14(11-16)12-17-7-5-10-21-13(2)3/h12-13,17H,4-10H2,1-3H3,(H,18,19)/b14-12-. The summed E-state index contributed by atoms with van der Waals surface area (Å²) in [6.07, 6.45) is 3.23. The van der Waals surface area contributed by atoms with Crippen LogP contribution in [0.15, 0.2) is 11.8 Å². The van der Waals surface area contributed by atoms with Crippen LogP contribution in [0.1, 0.15) is 33.6 Å². The Kier molecular flexibility index (Phi) is 12.4. The molecule has 0 aliphatic rings. The van der Waals surface area contributed by atoms with Crippen LogP contribution in [0.3, 0.4) is 0 Å². The predicted octanol–water partition coefficient (Wildman–Crippen LogP) is 1.34. The van der Waals surface area contributed by atoms with Gasteiger partial charge in [0, 0.05) is 39.1 Å². The molecule has 0 saturated carbocycles. The van der Waals surface area contributed by atoms with Gasteiger partial charge in [-0.05, 0) is 33.6 Å². The number of hydrogen-bond acceptors (Lipinski definition) is 5. The first kappa shape index (κ1) is 19.4. The van der Waals surface area contributed by atoms with Gasteiger partial charge in [0.2, 0.25) is 0 Å². The van der Waals surface area contributed by atoms with E-state index in [1.807, 2.05) is 26.8 Å². The van der Waals surface area contributed by atoms with Gasteiger partial charge in [-0.3, -0.25) is 4.79 Å². The first-order valence-corrected chi connectivity index (χ1v) is 7.43. The van der Waals surface area contributed by atoms with E-state index in [2.05, 4.69) is 10.6 Å². The van der Waals surface area contributed by atoms with Gasteiger partial charge in [-0.15, -0.1) is 0 Å². The fourth-order valence-corrected chi connectivity index (χ4v) is 1.43. The summed E-state index contributed by atoms with van der Waals surface area (Å²) >= 11 is 0. The van der Waals surface area contributed by atoms with Gasteiger partial charge in [-0.2, -0.15) is 5.26 Å². The fourth-order valence-electron chi connectivity index (χ4n) is 1.43. The summed E-state index contributed by atoms with van der Waals surface area (Å²) in [6.45, 7) is 8.98. The van der Waals surface area contributed by atoms with E-state index in [4.69, 9.17) is 14.7 Å². The van der Waals surface area contributed by atoms with E-state index < -0.39 is 0 Å². The Balaban J connectivity index is 3.82. The van der Waals surface area contributed by atoms with Gasteiger partial charge in [0.15, 0.2) is 0 Å². The molecular formula is C15H27N3O3. The summed E-state index contributed by atoms with van der Waals surface area (Å²) < 4.78 is 10.6. The van der Waals surface area contributed by atoms with Crippen LogP contribution in [-0.4, -0.2) is 44.9 Å². The molecule has 0 aromatic carbocycles. The summed E-state index contributed by atoms with van der Waals surface area (Å²) in [7, 11) is 0. The van der Waals surface area contributed by atoms with Gasteiger partial charge in [0.05, 0.1) is 6.10 Å². The zero-order valence-corrected chi connectivity index (χ0v) is 13.3. The highest BCUT2D eigenvalue weighted by Crippen LogP contribution is 1.92. The first-order chi connectivity index (χ1) is 10.1. The number of rotatable bonds is 12. The molecule has 21 heavy (non-hydrogen) atoms. The molecule has 120 valence electrons. The number of carbonyl (C=O) groups is 1. The van der Waals surface area contributed by atoms with Crippen molar-refractivity contribution >= 4 is 5.91 Å². The summed E-state index contributed by atoms with van der Waals surface area (Å²) in [4.78, 5) is 11.7. The van der Waals surface area contributed by atoms with Crippen molar-refractivity contribution in [1.29, 1.82) is 5.26 Å². The van der Waals surface area contributed by atoms with E-state index in [1.54, 1.807) is 0 Å². The van der Waals surface area contributed by atoms with Gasteiger partial charge < -0.3 is 20.1 Å². The van der Waals surface area contributed by atoms with Crippen LogP contribution in [0.25, 0.3) is 0 Å². The number of hydrogen-bond donors (Lipinski definition) is 2. The summed E-state index contributed by atoms with van der Waals surface area (Å²) in [5.41, 5.74) is 0.0798. The number of ether oxygens (including phenoxy) is 2. The van der Waals surface area contributed by atoms with E-state index in [9.17, 15) is 4.79 Å². The fraction of sp³-hybridized carbons (Fsp3) is 0.733. The van der Waals surface area contributed by atoms with Crippen molar-refractivity contribution in [3.63, 3.8) is 0 Å². The molecule has 0 aromatic rings. The lowest BCUT2D eigenvalue weighted by atomic mass is 10.3. The van der Waals surface area contributed by atoms with Crippen LogP contribution in [-0.2, 0) is 14.3 Å². The maximum Gasteiger partial charge on any atom is 0.263 e. The second-order valence-corrected chi connectivity index (χ2v) is 4.70. The minimum atomic E-state index is -0.361. The van der Waals surface area contributed by atoms with Crippen molar-refractivity contribution in [1.82, 2.24) is 10.6 Å². The molecule has 0 fully saturated rings. The van der Waals surface area contributed by atoms with Crippen LogP contribution in [0.4, 0.5) is 0 Å². The molecule has 0 aliphatic carbocycles. The van der Waals surface area contributed by atoms with Crippen molar-refractivity contribution in [2.45, 2.75) is 39.7 Å². The maximum absolute atomic E-state index is 11.7. The van der Waals surface area contributed by atoms with Crippen molar-refractivity contribution < 1.29 is 14.3 Å². The van der Waals surface area contributed by atoms with E-state index in [-0.39, 0.29) is 17.6 Å². The van der Waals surface area contributed by atoms with Crippen molar-refractivity contribution in [3.8, 4) is 6.07 Å². The van der Waals surface area contributed by atoms with E-state index in [0.29, 0.717) is 32.9 Å². The average Bonchev–Trinajstić information content (AvgIpc) is 2.45. The summed E-state index contributed by atoms with van der Waals surface area (Å²) in [5.74, 6) is -0.361. The Morgan fingerprint density at radius 3 is 2.62 bits per heavy atom. The average molecular weight is 297 g/mol. The van der Waals surface area contributed by atoms with Crippen molar-refractivity contribution in [2.75, 3.05) is 32.9 Å². The third-order valence-electron chi connectivity index (χ3n) is 2.48. The second-order valence-electron chi connectivity index (χ2n) is 4.70. The molecule has 0 radical (unpaired) electrons. The van der Waals surface area contributed by atoms with Crippen LogP contribution in [0.5, 0.6) is 0 Å². The SMILES string of the molecule is CCOCCCNC(=O)/C(C#N)=C\NCCCOC(C)C. The number of nitriles is 1. The summed E-state index contributed by atoms with van der Waals surface area (Å²) in [6, 6.07) is 1.89.